The minimum atomic E-state index is -1.47. The lowest BCUT2D eigenvalue weighted by molar-refractivity contribution is -0.147. The average Bonchev–Trinajstić information content (AvgIpc) is 3.69. The third kappa shape index (κ3) is 6.64. The minimum absolute atomic E-state index is 0.0479. The van der Waals surface area contributed by atoms with Crippen molar-refractivity contribution in [1.29, 1.82) is 0 Å². The summed E-state index contributed by atoms with van der Waals surface area (Å²) in [5.41, 5.74) is 8.28. The molecule has 4 atom stereocenters. The van der Waals surface area contributed by atoms with E-state index in [1.165, 1.54) is 17.4 Å². The van der Waals surface area contributed by atoms with Crippen LogP contribution in [0, 0.1) is 0 Å². The molecular formula is C26H31N7O7. The highest BCUT2D eigenvalue weighted by Gasteiger charge is 2.40. The van der Waals surface area contributed by atoms with Gasteiger partial charge >= 0.3 is 11.9 Å². The molecule has 2 aromatic heterocycles. The van der Waals surface area contributed by atoms with E-state index in [-0.39, 0.29) is 25.8 Å². The van der Waals surface area contributed by atoms with Crippen molar-refractivity contribution in [3.05, 3.63) is 54.2 Å². The number of fused-ring (bicyclic) bond motifs is 1. The number of carboxylic acid groups (broad SMARTS) is 2. The van der Waals surface area contributed by atoms with Crippen molar-refractivity contribution in [2.45, 2.75) is 56.3 Å². The van der Waals surface area contributed by atoms with Gasteiger partial charge in [0.05, 0.1) is 18.8 Å². The number of carbonyl (C=O) groups is 5. The van der Waals surface area contributed by atoms with E-state index in [1.807, 2.05) is 24.3 Å². The van der Waals surface area contributed by atoms with Gasteiger partial charge in [0.2, 0.25) is 17.7 Å². The van der Waals surface area contributed by atoms with Crippen LogP contribution in [0.25, 0.3) is 10.9 Å². The number of hydrogen-bond donors (Lipinski definition) is 7. The summed E-state index contributed by atoms with van der Waals surface area (Å²) >= 11 is 0. The van der Waals surface area contributed by atoms with Gasteiger partial charge in [0.1, 0.15) is 18.1 Å². The van der Waals surface area contributed by atoms with E-state index in [0.717, 1.165) is 16.5 Å². The quantitative estimate of drug-likeness (QED) is 0.154. The monoisotopic (exact) mass is 553 g/mol. The molecule has 1 saturated heterocycles. The van der Waals surface area contributed by atoms with Gasteiger partial charge in [-0.3, -0.25) is 19.2 Å². The normalized spacial score (nSPS) is 17.2. The van der Waals surface area contributed by atoms with E-state index in [0.29, 0.717) is 12.1 Å². The van der Waals surface area contributed by atoms with Crippen LogP contribution in [0.1, 0.15) is 30.5 Å². The number of aromatic nitrogens is 3. The molecule has 1 aromatic carbocycles. The Kier molecular flexibility index (Phi) is 8.79. The number of nitrogens with one attached hydrogen (secondary N) is 4. The van der Waals surface area contributed by atoms with Crippen LogP contribution in [0.15, 0.2) is 43.0 Å². The third-order valence-electron chi connectivity index (χ3n) is 6.88. The van der Waals surface area contributed by atoms with Gasteiger partial charge in [-0.2, -0.15) is 0 Å². The lowest BCUT2D eigenvalue weighted by Crippen LogP contribution is -2.57. The zero-order valence-electron chi connectivity index (χ0n) is 21.5. The van der Waals surface area contributed by atoms with Crippen molar-refractivity contribution >= 4 is 40.6 Å². The molecule has 1 fully saturated rings. The van der Waals surface area contributed by atoms with Crippen LogP contribution >= 0.6 is 0 Å². The highest BCUT2D eigenvalue weighted by molar-refractivity contribution is 5.96. The second-order valence-corrected chi connectivity index (χ2v) is 9.70. The molecule has 1 aliphatic rings. The molecule has 3 heterocycles. The van der Waals surface area contributed by atoms with Crippen molar-refractivity contribution in [3.8, 4) is 0 Å². The smallest absolute Gasteiger partial charge is 0.326 e. The summed E-state index contributed by atoms with van der Waals surface area (Å²) in [6.07, 6.45) is 4.64. The topological polar surface area (TPSA) is 224 Å². The second-order valence-electron chi connectivity index (χ2n) is 9.70. The summed E-state index contributed by atoms with van der Waals surface area (Å²) < 4.78 is 0. The van der Waals surface area contributed by atoms with Crippen LogP contribution in [-0.2, 0) is 36.8 Å². The number of aliphatic carboxylic acids is 2. The molecule has 4 rings (SSSR count). The second kappa shape index (κ2) is 12.4. The van der Waals surface area contributed by atoms with Crippen LogP contribution in [0.2, 0.25) is 0 Å². The summed E-state index contributed by atoms with van der Waals surface area (Å²) in [5.74, 6) is -4.74. The van der Waals surface area contributed by atoms with E-state index < -0.39 is 60.2 Å². The number of nitrogens with zero attached hydrogens (tertiary/aromatic N) is 2. The predicted octanol–water partition coefficient (Wildman–Crippen LogP) is -0.477. The number of imidazole rings is 1. The van der Waals surface area contributed by atoms with Gasteiger partial charge in [0.25, 0.3) is 0 Å². The highest BCUT2D eigenvalue weighted by Crippen LogP contribution is 2.21. The average molecular weight is 554 g/mol. The van der Waals surface area contributed by atoms with Crippen molar-refractivity contribution in [1.82, 2.24) is 30.5 Å². The first-order valence-corrected chi connectivity index (χ1v) is 12.8. The lowest BCUT2D eigenvalue weighted by Gasteiger charge is -2.29. The van der Waals surface area contributed by atoms with Crippen molar-refractivity contribution < 1.29 is 34.2 Å². The Bertz CT molecular complexity index is 1390. The van der Waals surface area contributed by atoms with E-state index in [1.54, 1.807) is 6.20 Å². The molecule has 40 heavy (non-hydrogen) atoms. The fraction of sp³-hybridized carbons (Fsp3) is 0.385. The molecule has 3 amide bonds. The van der Waals surface area contributed by atoms with Crippen molar-refractivity contribution in [2.24, 2.45) is 5.73 Å². The molecule has 4 unspecified atom stereocenters. The number of amides is 3. The molecule has 14 nitrogen and oxygen atoms in total. The Labute approximate surface area is 228 Å². The zero-order valence-corrected chi connectivity index (χ0v) is 21.5. The van der Waals surface area contributed by atoms with Crippen molar-refractivity contribution in [2.75, 3.05) is 6.54 Å². The molecule has 0 bridgehead atoms. The number of H-pyrrole nitrogens is 2. The number of likely N-dealkylation sites (tertiary alicyclic amines) is 1. The SMILES string of the molecule is NC(Cc1c[nH]c2ccccc12)C(=O)NC(CC(=O)O)C(=O)N1CCCC1C(=O)NC(Cc1cnc[nH]1)C(=O)O. The standard InChI is InChI=1S/C26H31N7O7/c27-17(8-14-11-29-18-5-2-1-4-16(14)18)23(36)31-19(10-22(34)35)25(38)33-7-3-6-21(33)24(37)32-20(26(39)40)9-15-12-28-13-30-15/h1-2,4-5,11-13,17,19-21,29H,3,6-10,27H2,(H,28,30)(H,31,36)(H,32,37)(H,34,35)(H,39,40). The Hall–Kier alpha value is -4.72. The summed E-state index contributed by atoms with van der Waals surface area (Å²) in [6.45, 7) is 0.141. The lowest BCUT2D eigenvalue weighted by atomic mass is 10.0. The third-order valence-corrected chi connectivity index (χ3v) is 6.88. The molecular weight excluding hydrogens is 522 g/mol. The Morgan fingerprint density at radius 2 is 1.85 bits per heavy atom. The number of aromatic amines is 2. The number of hydrogen-bond acceptors (Lipinski definition) is 7. The van der Waals surface area contributed by atoms with Gasteiger partial charge < -0.3 is 41.4 Å². The number of nitrogens with two attached hydrogens (primary N) is 1. The Morgan fingerprint density at radius 1 is 1.07 bits per heavy atom. The molecule has 0 saturated carbocycles. The number of para-hydroxylation sites is 1. The van der Waals surface area contributed by atoms with Gasteiger partial charge in [0, 0.05) is 42.0 Å². The van der Waals surface area contributed by atoms with Crippen LogP contribution in [0.5, 0.6) is 0 Å². The van der Waals surface area contributed by atoms with Gasteiger partial charge in [0.15, 0.2) is 0 Å². The maximum absolute atomic E-state index is 13.4. The highest BCUT2D eigenvalue weighted by atomic mass is 16.4. The first-order valence-electron chi connectivity index (χ1n) is 12.8. The van der Waals surface area contributed by atoms with Gasteiger partial charge in [-0.25, -0.2) is 9.78 Å². The van der Waals surface area contributed by atoms with E-state index >= 15 is 0 Å². The molecule has 0 radical (unpaired) electrons. The molecule has 0 spiro atoms. The van der Waals surface area contributed by atoms with Crippen LogP contribution in [0.3, 0.4) is 0 Å². The molecule has 14 heteroatoms. The molecule has 0 aliphatic carbocycles. The number of rotatable bonds is 12. The molecule has 212 valence electrons. The van der Waals surface area contributed by atoms with Gasteiger partial charge in [-0.05, 0) is 30.9 Å². The number of benzene rings is 1. The Balaban J connectivity index is 1.42. The fourth-order valence-corrected chi connectivity index (χ4v) is 4.87. The largest absolute Gasteiger partial charge is 0.481 e. The summed E-state index contributed by atoms with van der Waals surface area (Å²) in [5, 5.41) is 24.8. The van der Waals surface area contributed by atoms with Crippen molar-refractivity contribution in [3.63, 3.8) is 0 Å². The van der Waals surface area contributed by atoms with Gasteiger partial charge in [-0.1, -0.05) is 18.2 Å². The summed E-state index contributed by atoms with van der Waals surface area (Å²) in [6, 6.07) is 2.64. The summed E-state index contributed by atoms with van der Waals surface area (Å²) in [7, 11) is 0. The first kappa shape index (κ1) is 28.3. The maximum Gasteiger partial charge on any atom is 0.326 e. The van der Waals surface area contributed by atoms with E-state index in [4.69, 9.17) is 5.73 Å². The molecule has 8 N–H and O–H groups in total. The van der Waals surface area contributed by atoms with Crippen LogP contribution < -0.4 is 16.4 Å². The zero-order chi connectivity index (χ0) is 28.8. The molecule has 3 aromatic rings. The van der Waals surface area contributed by atoms with E-state index in [9.17, 15) is 34.2 Å². The predicted molar refractivity (Wildman–Crippen MR) is 141 cm³/mol. The van der Waals surface area contributed by atoms with E-state index in [2.05, 4.69) is 25.6 Å². The maximum atomic E-state index is 13.4. The molecule has 1 aliphatic heterocycles. The summed E-state index contributed by atoms with van der Waals surface area (Å²) in [4.78, 5) is 73.6. The van der Waals surface area contributed by atoms with Crippen LogP contribution in [-0.4, -0.2) is 90.4 Å². The Morgan fingerprint density at radius 3 is 2.55 bits per heavy atom. The minimum Gasteiger partial charge on any atom is -0.481 e. The van der Waals surface area contributed by atoms with Crippen LogP contribution in [0.4, 0.5) is 0 Å². The van der Waals surface area contributed by atoms with Gasteiger partial charge in [-0.15, -0.1) is 0 Å². The first-order chi connectivity index (χ1) is 19.1. The fourth-order valence-electron chi connectivity index (χ4n) is 4.87. The number of carboxylic acids is 2. The number of carbonyl (C=O) groups excluding carboxylic acids is 3.